The lowest BCUT2D eigenvalue weighted by Crippen LogP contribution is -2.34. The SMILES string of the molecule is CCOC(=O)C1=C(C)NC2=C(C(=O)CCC2)[C@@H]1c1cc(Cl)c(OC(C)C)c(OC)c1. The molecule has 0 unspecified atom stereocenters. The molecule has 0 spiro atoms. The van der Waals surface area contributed by atoms with Gasteiger partial charge in [-0.2, -0.15) is 0 Å². The van der Waals surface area contributed by atoms with Crippen LogP contribution in [-0.4, -0.2) is 31.6 Å². The van der Waals surface area contributed by atoms with Gasteiger partial charge in [0.05, 0.1) is 30.4 Å². The number of ketones is 1. The number of hydrogen-bond donors (Lipinski definition) is 1. The Hall–Kier alpha value is -2.47. The number of carbonyl (C=O) groups is 2. The molecule has 6 nitrogen and oxygen atoms in total. The summed E-state index contributed by atoms with van der Waals surface area (Å²) in [5.41, 5.74) is 3.26. The van der Waals surface area contributed by atoms with Crippen LogP contribution in [0.25, 0.3) is 0 Å². The highest BCUT2D eigenvalue weighted by atomic mass is 35.5. The zero-order valence-corrected chi connectivity index (χ0v) is 18.8. The molecule has 1 heterocycles. The lowest BCUT2D eigenvalue weighted by atomic mass is 9.75. The molecule has 0 radical (unpaired) electrons. The Labute approximate surface area is 182 Å². The van der Waals surface area contributed by atoms with E-state index in [1.54, 1.807) is 19.1 Å². The van der Waals surface area contributed by atoms with Crippen LogP contribution in [0, 0.1) is 0 Å². The summed E-state index contributed by atoms with van der Waals surface area (Å²) in [6.07, 6.45) is 1.90. The molecule has 1 aliphatic heterocycles. The van der Waals surface area contributed by atoms with Gasteiger partial charge in [-0.1, -0.05) is 11.6 Å². The van der Waals surface area contributed by atoms with E-state index >= 15 is 0 Å². The monoisotopic (exact) mass is 433 g/mol. The zero-order valence-electron chi connectivity index (χ0n) is 18.1. The Bertz CT molecular complexity index is 932. The Morgan fingerprint density at radius 2 is 2.03 bits per heavy atom. The number of ether oxygens (including phenoxy) is 3. The molecule has 7 heteroatoms. The molecule has 0 saturated heterocycles. The summed E-state index contributed by atoms with van der Waals surface area (Å²) in [6.45, 7) is 7.64. The summed E-state index contributed by atoms with van der Waals surface area (Å²) in [6, 6.07) is 3.54. The minimum atomic E-state index is -0.576. The van der Waals surface area contributed by atoms with Crippen molar-refractivity contribution in [1.82, 2.24) is 5.32 Å². The van der Waals surface area contributed by atoms with Gasteiger partial charge >= 0.3 is 5.97 Å². The standard InChI is InChI=1S/C23H28ClNO5/c1-6-29-23(27)19-13(4)25-16-8-7-9-17(26)21(16)20(19)14-10-15(24)22(30-12(2)3)18(11-14)28-5/h10-12,20,25H,6-9H2,1-5H3/t20-/m1/s1. The van der Waals surface area contributed by atoms with Crippen molar-refractivity contribution in [3.63, 3.8) is 0 Å². The fourth-order valence-electron chi connectivity index (χ4n) is 4.05. The number of nitrogens with one attached hydrogen (secondary N) is 1. The molecular formula is C23H28ClNO5. The maximum atomic E-state index is 12.9. The van der Waals surface area contributed by atoms with Crippen molar-refractivity contribution in [1.29, 1.82) is 0 Å². The number of methoxy groups -OCH3 is 1. The summed E-state index contributed by atoms with van der Waals surface area (Å²) in [5.74, 6) is -0.103. The van der Waals surface area contributed by atoms with Gasteiger partial charge in [0, 0.05) is 29.3 Å². The lowest BCUT2D eigenvalue weighted by molar-refractivity contribution is -0.138. The number of allylic oxidation sites excluding steroid dienone is 3. The highest BCUT2D eigenvalue weighted by molar-refractivity contribution is 6.32. The molecule has 0 saturated carbocycles. The molecular weight excluding hydrogens is 406 g/mol. The van der Waals surface area contributed by atoms with E-state index in [4.69, 9.17) is 25.8 Å². The lowest BCUT2D eigenvalue weighted by Gasteiger charge is -2.34. The first-order valence-electron chi connectivity index (χ1n) is 10.2. The first-order chi connectivity index (χ1) is 14.3. The Balaban J connectivity index is 2.20. The van der Waals surface area contributed by atoms with Gasteiger partial charge in [-0.15, -0.1) is 0 Å². The van der Waals surface area contributed by atoms with Crippen LogP contribution in [0.4, 0.5) is 0 Å². The molecule has 1 N–H and O–H groups in total. The third-order valence-electron chi connectivity index (χ3n) is 5.21. The van der Waals surface area contributed by atoms with Gasteiger partial charge in [0.25, 0.3) is 0 Å². The van der Waals surface area contributed by atoms with Gasteiger partial charge in [-0.25, -0.2) is 4.79 Å². The minimum absolute atomic E-state index is 0.0284. The van der Waals surface area contributed by atoms with Gasteiger partial charge in [0.1, 0.15) is 0 Å². The highest BCUT2D eigenvalue weighted by Crippen LogP contribution is 2.46. The van der Waals surface area contributed by atoms with Crippen LogP contribution in [0.5, 0.6) is 11.5 Å². The largest absolute Gasteiger partial charge is 0.493 e. The Morgan fingerprint density at radius 1 is 1.30 bits per heavy atom. The van der Waals surface area contributed by atoms with E-state index in [0.29, 0.717) is 45.3 Å². The van der Waals surface area contributed by atoms with Crippen molar-refractivity contribution in [3.05, 3.63) is 45.3 Å². The van der Waals surface area contributed by atoms with Crippen molar-refractivity contribution in [3.8, 4) is 11.5 Å². The van der Waals surface area contributed by atoms with Crippen LogP contribution in [0.1, 0.15) is 58.4 Å². The predicted octanol–water partition coefficient (Wildman–Crippen LogP) is 4.67. The number of carbonyl (C=O) groups excluding carboxylic acids is 2. The molecule has 1 aliphatic carbocycles. The predicted molar refractivity (Wildman–Crippen MR) is 115 cm³/mol. The molecule has 1 aromatic rings. The number of dihydropyridines is 1. The zero-order chi connectivity index (χ0) is 22.0. The number of hydrogen-bond acceptors (Lipinski definition) is 6. The Kier molecular flexibility index (Phi) is 6.76. The summed E-state index contributed by atoms with van der Waals surface area (Å²) in [7, 11) is 1.54. The quantitative estimate of drug-likeness (QED) is 0.657. The molecule has 0 bridgehead atoms. The van der Waals surface area contributed by atoms with Gasteiger partial charge < -0.3 is 19.5 Å². The molecule has 0 aromatic heterocycles. The maximum absolute atomic E-state index is 12.9. The normalized spacial score (nSPS) is 18.9. The molecule has 1 aromatic carbocycles. The van der Waals surface area contributed by atoms with E-state index in [1.807, 2.05) is 20.8 Å². The first kappa shape index (κ1) is 22.2. The minimum Gasteiger partial charge on any atom is -0.493 e. The van der Waals surface area contributed by atoms with Crippen LogP contribution in [0.15, 0.2) is 34.7 Å². The van der Waals surface area contributed by atoms with Crippen LogP contribution in [0.2, 0.25) is 5.02 Å². The second-order valence-electron chi connectivity index (χ2n) is 7.69. The van der Waals surface area contributed by atoms with E-state index in [2.05, 4.69) is 5.32 Å². The number of esters is 1. The number of rotatable bonds is 6. The third-order valence-corrected chi connectivity index (χ3v) is 5.49. The van der Waals surface area contributed by atoms with Crippen molar-refractivity contribution in [2.75, 3.05) is 13.7 Å². The molecule has 0 fully saturated rings. The van der Waals surface area contributed by atoms with E-state index in [1.165, 1.54) is 7.11 Å². The summed E-state index contributed by atoms with van der Waals surface area (Å²) >= 11 is 6.56. The molecule has 0 amide bonds. The number of benzene rings is 1. The summed E-state index contributed by atoms with van der Waals surface area (Å²) in [5, 5.41) is 3.63. The summed E-state index contributed by atoms with van der Waals surface area (Å²) in [4.78, 5) is 25.8. The smallest absolute Gasteiger partial charge is 0.336 e. The van der Waals surface area contributed by atoms with Crippen molar-refractivity contribution < 1.29 is 23.8 Å². The molecule has 2 aliphatic rings. The van der Waals surface area contributed by atoms with Crippen LogP contribution in [-0.2, 0) is 14.3 Å². The van der Waals surface area contributed by atoms with E-state index in [-0.39, 0.29) is 18.5 Å². The van der Waals surface area contributed by atoms with Crippen molar-refractivity contribution in [2.45, 2.75) is 59.0 Å². The van der Waals surface area contributed by atoms with Gasteiger partial charge in [0.15, 0.2) is 17.3 Å². The van der Waals surface area contributed by atoms with E-state index in [0.717, 1.165) is 18.5 Å². The fourth-order valence-corrected chi connectivity index (χ4v) is 4.32. The average molecular weight is 434 g/mol. The first-order valence-corrected chi connectivity index (χ1v) is 10.6. The third kappa shape index (κ3) is 4.19. The van der Waals surface area contributed by atoms with Gasteiger partial charge in [-0.05, 0) is 58.2 Å². The molecule has 162 valence electrons. The summed E-state index contributed by atoms with van der Waals surface area (Å²) < 4.78 is 16.7. The molecule has 30 heavy (non-hydrogen) atoms. The van der Waals surface area contributed by atoms with Crippen molar-refractivity contribution >= 4 is 23.4 Å². The number of Topliss-reactive ketones (excluding diaryl/α,β-unsaturated/α-hetero) is 1. The van der Waals surface area contributed by atoms with Gasteiger partial charge in [0.2, 0.25) is 0 Å². The fraction of sp³-hybridized carbons (Fsp3) is 0.478. The second-order valence-corrected chi connectivity index (χ2v) is 8.09. The van der Waals surface area contributed by atoms with E-state index in [9.17, 15) is 9.59 Å². The Morgan fingerprint density at radius 3 is 2.67 bits per heavy atom. The van der Waals surface area contributed by atoms with Crippen LogP contribution >= 0.6 is 11.6 Å². The van der Waals surface area contributed by atoms with Crippen LogP contribution < -0.4 is 14.8 Å². The maximum Gasteiger partial charge on any atom is 0.336 e. The molecule has 1 atom stereocenters. The van der Waals surface area contributed by atoms with Crippen molar-refractivity contribution in [2.24, 2.45) is 0 Å². The molecule has 3 rings (SSSR count). The second kappa shape index (κ2) is 9.13. The van der Waals surface area contributed by atoms with Gasteiger partial charge in [-0.3, -0.25) is 4.79 Å². The topological polar surface area (TPSA) is 73.9 Å². The number of halogens is 1. The van der Waals surface area contributed by atoms with Crippen LogP contribution in [0.3, 0.4) is 0 Å². The van der Waals surface area contributed by atoms with E-state index < -0.39 is 11.9 Å². The average Bonchev–Trinajstić information content (AvgIpc) is 2.68. The highest BCUT2D eigenvalue weighted by Gasteiger charge is 2.39.